The van der Waals surface area contributed by atoms with Crippen LogP contribution in [-0.4, -0.2) is 56.3 Å². The summed E-state index contributed by atoms with van der Waals surface area (Å²) in [4.78, 5) is 40.0. The largest absolute Gasteiger partial charge is 0.508 e. The standard InChI is InChI=1S/C16H23N3O7/c1-4-23-14(20)18-12-7-8-13(17-11-12)19(15(21)24-5-2)9-10-26-16(22)25-6-3/h7-8,11H,4-6,9-10H2,1-3H3,(H,18,20). The molecule has 10 heteroatoms. The van der Waals surface area contributed by atoms with Crippen LogP contribution in [0.25, 0.3) is 0 Å². The average molecular weight is 369 g/mol. The average Bonchev–Trinajstić information content (AvgIpc) is 2.60. The maximum absolute atomic E-state index is 12.1. The van der Waals surface area contributed by atoms with Gasteiger partial charge in [-0.3, -0.25) is 10.2 Å². The maximum atomic E-state index is 12.1. The van der Waals surface area contributed by atoms with E-state index in [1.165, 1.54) is 17.2 Å². The lowest BCUT2D eigenvalue weighted by Gasteiger charge is -2.20. The van der Waals surface area contributed by atoms with Crippen molar-refractivity contribution in [1.29, 1.82) is 0 Å². The molecule has 0 unspecified atom stereocenters. The van der Waals surface area contributed by atoms with Crippen LogP contribution < -0.4 is 10.2 Å². The molecule has 0 aliphatic rings. The number of carbonyl (C=O) groups is 3. The lowest BCUT2D eigenvalue weighted by atomic mass is 10.4. The van der Waals surface area contributed by atoms with Gasteiger partial charge in [-0.15, -0.1) is 0 Å². The van der Waals surface area contributed by atoms with Crippen molar-refractivity contribution in [3.8, 4) is 0 Å². The van der Waals surface area contributed by atoms with Crippen molar-refractivity contribution < 1.29 is 33.3 Å². The van der Waals surface area contributed by atoms with Gasteiger partial charge in [0, 0.05) is 0 Å². The molecule has 0 bridgehead atoms. The lowest BCUT2D eigenvalue weighted by Crippen LogP contribution is -2.35. The summed E-state index contributed by atoms with van der Waals surface area (Å²) in [6, 6.07) is 3.07. The highest BCUT2D eigenvalue weighted by Gasteiger charge is 2.19. The van der Waals surface area contributed by atoms with Crippen molar-refractivity contribution >= 4 is 29.8 Å². The van der Waals surface area contributed by atoms with Crippen LogP contribution >= 0.6 is 0 Å². The third-order valence-electron chi connectivity index (χ3n) is 2.83. The monoisotopic (exact) mass is 369 g/mol. The van der Waals surface area contributed by atoms with Gasteiger partial charge in [0.2, 0.25) is 0 Å². The molecular weight excluding hydrogens is 346 g/mol. The van der Waals surface area contributed by atoms with Crippen LogP contribution in [-0.2, 0) is 18.9 Å². The second-order valence-corrected chi connectivity index (χ2v) is 4.63. The van der Waals surface area contributed by atoms with E-state index in [-0.39, 0.29) is 38.8 Å². The van der Waals surface area contributed by atoms with Gasteiger partial charge in [-0.1, -0.05) is 0 Å². The number of amides is 2. The quantitative estimate of drug-likeness (QED) is 0.549. The highest BCUT2D eigenvalue weighted by Crippen LogP contribution is 2.15. The van der Waals surface area contributed by atoms with Crippen molar-refractivity contribution in [2.75, 3.05) is 43.2 Å². The molecule has 1 aromatic heterocycles. The Hall–Kier alpha value is -3.04. The first-order chi connectivity index (χ1) is 12.5. The maximum Gasteiger partial charge on any atom is 0.508 e. The molecule has 0 spiro atoms. The molecule has 1 N–H and O–H groups in total. The topological polar surface area (TPSA) is 116 Å². The second-order valence-electron chi connectivity index (χ2n) is 4.63. The minimum atomic E-state index is -0.821. The van der Waals surface area contributed by atoms with E-state index < -0.39 is 18.3 Å². The second kappa shape index (κ2) is 11.5. The first kappa shape index (κ1) is 21.0. The van der Waals surface area contributed by atoms with E-state index >= 15 is 0 Å². The number of anilines is 2. The minimum Gasteiger partial charge on any atom is -0.450 e. The Bertz CT molecular complexity index is 592. The van der Waals surface area contributed by atoms with Gasteiger partial charge in [-0.05, 0) is 32.9 Å². The van der Waals surface area contributed by atoms with Crippen molar-refractivity contribution in [3.05, 3.63) is 18.3 Å². The number of rotatable bonds is 8. The van der Waals surface area contributed by atoms with Crippen LogP contribution in [0.1, 0.15) is 20.8 Å². The fourth-order valence-electron chi connectivity index (χ4n) is 1.79. The van der Waals surface area contributed by atoms with E-state index in [0.717, 1.165) is 0 Å². The lowest BCUT2D eigenvalue weighted by molar-refractivity contribution is 0.0604. The summed E-state index contributed by atoms with van der Waals surface area (Å²) in [5.74, 6) is 0.269. The van der Waals surface area contributed by atoms with Gasteiger partial charge in [-0.25, -0.2) is 19.4 Å². The van der Waals surface area contributed by atoms with Crippen LogP contribution in [0.3, 0.4) is 0 Å². The first-order valence-corrected chi connectivity index (χ1v) is 8.15. The van der Waals surface area contributed by atoms with Crippen molar-refractivity contribution in [2.24, 2.45) is 0 Å². The molecule has 10 nitrogen and oxygen atoms in total. The van der Waals surface area contributed by atoms with Crippen LogP contribution in [0.4, 0.5) is 25.9 Å². The Kier molecular flexibility index (Phi) is 9.29. The van der Waals surface area contributed by atoms with Crippen LogP contribution in [0, 0.1) is 0 Å². The van der Waals surface area contributed by atoms with E-state index in [1.807, 2.05) is 0 Å². The number of nitrogens with one attached hydrogen (secondary N) is 1. The van der Waals surface area contributed by atoms with E-state index in [2.05, 4.69) is 15.0 Å². The normalized spacial score (nSPS) is 9.81. The van der Waals surface area contributed by atoms with Gasteiger partial charge >= 0.3 is 18.3 Å². The summed E-state index contributed by atoms with van der Waals surface area (Å²) in [6.45, 7) is 5.56. The molecule has 0 aromatic carbocycles. The van der Waals surface area contributed by atoms with Gasteiger partial charge in [0.1, 0.15) is 12.4 Å². The number of carbonyl (C=O) groups excluding carboxylic acids is 3. The summed E-state index contributed by atoms with van der Waals surface area (Å²) in [7, 11) is 0. The van der Waals surface area contributed by atoms with E-state index in [4.69, 9.17) is 14.2 Å². The summed E-state index contributed by atoms with van der Waals surface area (Å²) in [6.07, 6.45) is -0.700. The summed E-state index contributed by atoms with van der Waals surface area (Å²) < 4.78 is 19.2. The molecule has 0 radical (unpaired) electrons. The third kappa shape index (κ3) is 7.24. The van der Waals surface area contributed by atoms with Crippen LogP contribution in [0.15, 0.2) is 18.3 Å². The first-order valence-electron chi connectivity index (χ1n) is 8.15. The molecule has 144 valence electrons. The van der Waals surface area contributed by atoms with Gasteiger partial charge in [0.05, 0.1) is 38.2 Å². The number of ether oxygens (including phenoxy) is 4. The smallest absolute Gasteiger partial charge is 0.450 e. The number of hydrogen-bond acceptors (Lipinski definition) is 8. The van der Waals surface area contributed by atoms with Crippen LogP contribution in [0.2, 0.25) is 0 Å². The Morgan fingerprint density at radius 3 is 2.27 bits per heavy atom. The number of hydrogen-bond donors (Lipinski definition) is 1. The zero-order valence-corrected chi connectivity index (χ0v) is 15.0. The van der Waals surface area contributed by atoms with E-state index in [0.29, 0.717) is 5.69 Å². The summed E-state index contributed by atoms with van der Waals surface area (Å²) >= 11 is 0. The number of pyridine rings is 1. The van der Waals surface area contributed by atoms with Crippen molar-refractivity contribution in [3.63, 3.8) is 0 Å². The van der Waals surface area contributed by atoms with E-state index in [9.17, 15) is 14.4 Å². The van der Waals surface area contributed by atoms with Crippen molar-refractivity contribution in [2.45, 2.75) is 20.8 Å². The molecule has 0 aliphatic heterocycles. The fourth-order valence-corrected chi connectivity index (χ4v) is 1.79. The molecule has 0 saturated heterocycles. The zero-order valence-electron chi connectivity index (χ0n) is 15.0. The predicted molar refractivity (Wildman–Crippen MR) is 92.2 cm³/mol. The molecule has 0 aliphatic carbocycles. The highest BCUT2D eigenvalue weighted by atomic mass is 16.7. The Balaban J connectivity index is 2.75. The number of aromatic nitrogens is 1. The molecule has 0 fully saturated rings. The Labute approximate surface area is 151 Å². The molecule has 0 saturated carbocycles. The molecular formula is C16H23N3O7. The summed E-state index contributed by atoms with van der Waals surface area (Å²) in [5.41, 5.74) is 0.402. The SMILES string of the molecule is CCOC(=O)Nc1ccc(N(CCOC(=O)OCC)C(=O)OCC)nc1. The Morgan fingerprint density at radius 2 is 1.69 bits per heavy atom. The van der Waals surface area contributed by atoms with Gasteiger partial charge in [0.15, 0.2) is 0 Å². The molecule has 1 aromatic rings. The summed E-state index contributed by atoms with van der Waals surface area (Å²) in [5, 5.41) is 2.49. The fraction of sp³-hybridized carbons (Fsp3) is 0.500. The molecule has 26 heavy (non-hydrogen) atoms. The molecule has 1 heterocycles. The zero-order chi connectivity index (χ0) is 19.4. The van der Waals surface area contributed by atoms with Crippen LogP contribution in [0.5, 0.6) is 0 Å². The molecule has 0 atom stereocenters. The predicted octanol–water partition coefficient (Wildman–Crippen LogP) is 2.79. The van der Waals surface area contributed by atoms with E-state index in [1.54, 1.807) is 26.8 Å². The molecule has 1 rings (SSSR count). The van der Waals surface area contributed by atoms with Gasteiger partial charge in [-0.2, -0.15) is 0 Å². The number of nitrogens with zero attached hydrogens (tertiary/aromatic N) is 2. The Morgan fingerprint density at radius 1 is 1.00 bits per heavy atom. The molecule has 2 amide bonds. The minimum absolute atomic E-state index is 0.0231. The third-order valence-corrected chi connectivity index (χ3v) is 2.83. The van der Waals surface area contributed by atoms with Gasteiger partial charge in [0.25, 0.3) is 0 Å². The highest BCUT2D eigenvalue weighted by molar-refractivity contribution is 5.87. The van der Waals surface area contributed by atoms with Crippen molar-refractivity contribution in [1.82, 2.24) is 4.98 Å². The van der Waals surface area contributed by atoms with Gasteiger partial charge < -0.3 is 18.9 Å².